The first-order valence-electron chi connectivity index (χ1n) is 4.96. The number of hydrogen-bond donors (Lipinski definition) is 0. The molecule has 2 rings (SSSR count). The Bertz CT molecular complexity index is 399. The Morgan fingerprint density at radius 2 is 0.938 bits per heavy atom. The highest BCUT2D eigenvalue weighted by atomic mass is 14.2. The van der Waals surface area contributed by atoms with Gasteiger partial charge in [0.05, 0.1) is 0 Å². The molecular weight excluding hydrogens is 194 g/mol. The number of benzene rings is 2. The molecule has 0 saturated heterocycles. The van der Waals surface area contributed by atoms with Crippen LogP contribution in [0.1, 0.15) is 11.1 Å². The van der Waals surface area contributed by atoms with Gasteiger partial charge < -0.3 is 11.8 Å². The van der Waals surface area contributed by atoms with E-state index in [0.29, 0.717) is 0 Å². The van der Waals surface area contributed by atoms with Crippen LogP contribution in [0.15, 0.2) is 60.7 Å². The van der Waals surface area contributed by atoms with Crippen LogP contribution in [0.25, 0.3) is 12.2 Å². The summed E-state index contributed by atoms with van der Waals surface area (Å²) in [7, 11) is 0. The molecule has 0 aliphatic heterocycles. The molecule has 0 aromatic heterocycles. The lowest BCUT2D eigenvalue weighted by molar-refractivity contribution is 1.53. The second kappa shape index (κ2) is 7.03. The molecule has 2 aromatic rings. The fourth-order valence-corrected chi connectivity index (χ4v) is 1.32. The van der Waals surface area contributed by atoms with Gasteiger partial charge in [-0.1, -0.05) is 72.8 Å². The number of nitrogens with zero attached hydrogens (tertiary/aromatic N) is 1. The van der Waals surface area contributed by atoms with Gasteiger partial charge in [0.25, 0.3) is 0 Å². The topological polar surface area (TPSA) is 23.8 Å². The van der Waals surface area contributed by atoms with Crippen LogP contribution < -0.4 is 0 Å². The van der Waals surface area contributed by atoms with E-state index in [4.69, 9.17) is 11.8 Å². The van der Waals surface area contributed by atoms with Gasteiger partial charge in [-0.05, 0) is 11.1 Å². The zero-order valence-corrected chi connectivity index (χ0v) is 8.88. The third kappa shape index (κ3) is 3.81. The minimum Gasteiger partial charge on any atom is -0.512 e. The predicted molar refractivity (Wildman–Crippen MR) is 66.8 cm³/mol. The van der Waals surface area contributed by atoms with E-state index in [2.05, 4.69) is 36.4 Å². The first kappa shape index (κ1) is 11.7. The molecule has 78 valence electrons. The second-order valence-corrected chi connectivity index (χ2v) is 3.15. The molecule has 0 fully saturated rings. The summed E-state index contributed by atoms with van der Waals surface area (Å²) in [5.41, 5.74) is 2.47. The minimum atomic E-state index is 1.23. The predicted octanol–water partition coefficient (Wildman–Crippen LogP) is 3.95. The molecule has 0 aliphatic rings. The van der Waals surface area contributed by atoms with E-state index in [1.807, 2.05) is 36.4 Å². The smallest absolute Gasteiger partial charge is 0.0256 e. The molecule has 0 spiro atoms. The molecule has 2 aromatic carbocycles. The van der Waals surface area contributed by atoms with Crippen molar-refractivity contribution in [1.29, 1.82) is 5.26 Å². The van der Waals surface area contributed by atoms with Gasteiger partial charge in [0.1, 0.15) is 0 Å². The van der Waals surface area contributed by atoms with Gasteiger partial charge in [0, 0.05) is 0 Å². The molecule has 0 atom stereocenters. The number of hydrogen-bond acceptors (Lipinski definition) is 1. The second-order valence-electron chi connectivity index (χ2n) is 3.15. The Labute approximate surface area is 96.3 Å². The molecule has 0 N–H and O–H groups in total. The quantitative estimate of drug-likeness (QED) is 0.539. The minimum absolute atomic E-state index is 1.23. The van der Waals surface area contributed by atoms with Gasteiger partial charge >= 0.3 is 0 Å². The van der Waals surface area contributed by atoms with Crippen LogP contribution in [0, 0.1) is 11.8 Å². The molecular formula is C15H12N-. The van der Waals surface area contributed by atoms with Crippen LogP contribution in [0.3, 0.4) is 0 Å². The Morgan fingerprint density at radius 1 is 0.625 bits per heavy atom. The average Bonchev–Trinajstić information content (AvgIpc) is 2.41. The van der Waals surface area contributed by atoms with Crippen molar-refractivity contribution in [1.82, 2.24) is 0 Å². The van der Waals surface area contributed by atoms with Crippen LogP contribution in [0.5, 0.6) is 0 Å². The van der Waals surface area contributed by atoms with Crippen LogP contribution in [-0.2, 0) is 0 Å². The van der Waals surface area contributed by atoms with E-state index in [1.165, 1.54) is 11.1 Å². The van der Waals surface area contributed by atoms with E-state index in [1.54, 1.807) is 0 Å². The van der Waals surface area contributed by atoms with E-state index in [9.17, 15) is 0 Å². The lowest BCUT2D eigenvalue weighted by atomic mass is 10.1. The molecule has 1 nitrogen and oxygen atoms in total. The molecule has 0 bridgehead atoms. The molecule has 0 aliphatic carbocycles. The largest absolute Gasteiger partial charge is 0.512 e. The first-order chi connectivity index (χ1) is 7.95. The Kier molecular flexibility index (Phi) is 5.16. The summed E-state index contributed by atoms with van der Waals surface area (Å²) < 4.78 is 0. The highest BCUT2D eigenvalue weighted by Gasteiger charge is 1.84. The highest BCUT2D eigenvalue weighted by Crippen LogP contribution is 2.06. The first-order valence-corrected chi connectivity index (χ1v) is 4.96. The lowest BCUT2D eigenvalue weighted by Crippen LogP contribution is -1.70. The summed E-state index contributed by atoms with van der Waals surface area (Å²) in [5, 5.41) is 6.25. The van der Waals surface area contributed by atoms with Gasteiger partial charge in [-0.2, -0.15) is 0 Å². The molecule has 0 saturated carbocycles. The van der Waals surface area contributed by atoms with Gasteiger partial charge in [0.15, 0.2) is 0 Å². The van der Waals surface area contributed by atoms with Crippen LogP contribution in [-0.4, -0.2) is 0 Å². The van der Waals surface area contributed by atoms with Crippen molar-refractivity contribution < 1.29 is 0 Å². The van der Waals surface area contributed by atoms with Crippen LogP contribution >= 0.6 is 0 Å². The molecule has 0 heterocycles. The maximum absolute atomic E-state index is 6.25. The summed E-state index contributed by atoms with van der Waals surface area (Å²) in [6.07, 6.45) is 4.24. The van der Waals surface area contributed by atoms with Gasteiger partial charge in [-0.3, -0.25) is 0 Å². The Hall–Kier alpha value is -2.33. The van der Waals surface area contributed by atoms with Crippen molar-refractivity contribution in [3.63, 3.8) is 0 Å². The summed E-state index contributed by atoms with van der Waals surface area (Å²) in [6.45, 7) is 4.75. The number of rotatable bonds is 2. The molecule has 0 unspecified atom stereocenters. The standard InChI is InChI=1S/C14H12.CN/c1-3-7-13(8-4-1)11-12-14-9-5-2-6-10-14;1-2/h1-12H;/q;-1. The maximum Gasteiger partial charge on any atom is -0.0256 e. The fraction of sp³-hybridized carbons (Fsp3) is 0. The van der Waals surface area contributed by atoms with Crippen molar-refractivity contribution >= 4 is 12.2 Å². The van der Waals surface area contributed by atoms with Crippen LogP contribution in [0.2, 0.25) is 0 Å². The zero-order valence-electron chi connectivity index (χ0n) is 8.88. The van der Waals surface area contributed by atoms with E-state index >= 15 is 0 Å². The van der Waals surface area contributed by atoms with E-state index < -0.39 is 0 Å². The van der Waals surface area contributed by atoms with Crippen molar-refractivity contribution in [2.75, 3.05) is 0 Å². The third-order valence-electron chi connectivity index (χ3n) is 2.07. The van der Waals surface area contributed by atoms with Crippen molar-refractivity contribution in [3.8, 4) is 0 Å². The molecule has 1 heteroatoms. The summed E-state index contributed by atoms with van der Waals surface area (Å²) in [5.74, 6) is 0. The summed E-state index contributed by atoms with van der Waals surface area (Å²) in [6, 6.07) is 20.6. The maximum atomic E-state index is 6.25. The highest BCUT2D eigenvalue weighted by molar-refractivity contribution is 5.69. The summed E-state index contributed by atoms with van der Waals surface area (Å²) in [4.78, 5) is 0. The summed E-state index contributed by atoms with van der Waals surface area (Å²) >= 11 is 0. The van der Waals surface area contributed by atoms with Crippen LogP contribution in [0.4, 0.5) is 0 Å². The van der Waals surface area contributed by atoms with Gasteiger partial charge in [-0.25, -0.2) is 0 Å². The van der Waals surface area contributed by atoms with Crippen molar-refractivity contribution in [2.45, 2.75) is 0 Å². The Morgan fingerprint density at radius 3 is 1.25 bits per heavy atom. The molecule has 0 amide bonds. The van der Waals surface area contributed by atoms with E-state index in [0.717, 1.165) is 0 Å². The SMILES string of the molecule is C(=Cc1ccccc1)c1ccccc1.[C-]#N. The molecule has 0 radical (unpaired) electrons. The lowest BCUT2D eigenvalue weighted by Gasteiger charge is -1.92. The zero-order chi connectivity index (χ0) is 11.6. The van der Waals surface area contributed by atoms with E-state index in [-0.39, 0.29) is 0 Å². The molecule has 16 heavy (non-hydrogen) atoms. The monoisotopic (exact) mass is 206 g/mol. The normalized spacial score (nSPS) is 9.38. The van der Waals surface area contributed by atoms with Crippen molar-refractivity contribution in [2.24, 2.45) is 0 Å². The third-order valence-corrected chi connectivity index (χ3v) is 2.07. The van der Waals surface area contributed by atoms with Crippen molar-refractivity contribution in [3.05, 3.63) is 78.4 Å². The average molecular weight is 206 g/mol. The van der Waals surface area contributed by atoms with Gasteiger partial charge in [0.2, 0.25) is 0 Å². The Balaban J connectivity index is 0.000000606. The fourth-order valence-electron chi connectivity index (χ4n) is 1.32. The van der Waals surface area contributed by atoms with Gasteiger partial charge in [-0.15, -0.1) is 0 Å².